The number of nitrogens with one attached hydrogen (secondary N) is 1. The van der Waals surface area contributed by atoms with Gasteiger partial charge in [-0.1, -0.05) is 6.42 Å². The molecule has 0 aromatic carbocycles. The fraction of sp³-hybridized carbons (Fsp3) is 0.882. The van der Waals surface area contributed by atoms with Gasteiger partial charge in [-0.2, -0.15) is 0 Å². The number of rotatable bonds is 3. The second kappa shape index (κ2) is 7.99. The van der Waals surface area contributed by atoms with Gasteiger partial charge in [0.25, 0.3) is 0 Å². The molecule has 1 unspecified atom stereocenters. The van der Waals surface area contributed by atoms with E-state index in [-0.39, 0.29) is 12.5 Å². The average Bonchev–Trinajstić information content (AvgIpc) is 2.97. The van der Waals surface area contributed by atoms with Crippen LogP contribution in [0.25, 0.3) is 0 Å². The fourth-order valence-electron chi connectivity index (χ4n) is 3.38. The normalized spacial score (nSPS) is 23.9. The van der Waals surface area contributed by atoms with E-state index in [0.717, 1.165) is 19.0 Å². The molecule has 0 bridgehead atoms. The highest BCUT2D eigenvalue weighted by Gasteiger charge is 2.30. The maximum absolute atomic E-state index is 11.8. The van der Waals surface area contributed by atoms with Gasteiger partial charge in [-0.15, -0.1) is 0 Å². The predicted molar refractivity (Wildman–Crippen MR) is 92.6 cm³/mol. The van der Waals surface area contributed by atoms with Gasteiger partial charge in [-0.25, -0.2) is 0 Å². The lowest BCUT2D eigenvalue weighted by Gasteiger charge is -2.32. The molecule has 0 radical (unpaired) electrons. The molecule has 0 saturated carbocycles. The highest BCUT2D eigenvalue weighted by molar-refractivity contribution is 5.84. The predicted octanol–water partition coefficient (Wildman–Crippen LogP) is 1.46. The monoisotopic (exact) mass is 324 g/mol. The van der Waals surface area contributed by atoms with Gasteiger partial charge in [-0.3, -0.25) is 14.7 Å². The molecule has 0 aromatic heterocycles. The molecular formula is C17H32N4O2. The van der Waals surface area contributed by atoms with Gasteiger partial charge in [-0.05, 0) is 53.1 Å². The van der Waals surface area contributed by atoms with Crippen LogP contribution in [-0.2, 0) is 9.53 Å². The molecule has 132 valence electrons. The van der Waals surface area contributed by atoms with Crippen molar-refractivity contribution in [2.24, 2.45) is 4.99 Å². The van der Waals surface area contributed by atoms with Crippen molar-refractivity contribution in [3.8, 4) is 0 Å². The summed E-state index contributed by atoms with van der Waals surface area (Å²) in [5, 5.41) is 3.14. The number of ether oxygens (including phenoxy) is 1. The summed E-state index contributed by atoms with van der Waals surface area (Å²) in [5.74, 6) is 0.556. The summed E-state index contributed by atoms with van der Waals surface area (Å²) in [6, 6.07) is 0.621. The van der Waals surface area contributed by atoms with E-state index < -0.39 is 5.60 Å². The SMILES string of the molecule is CN=C(NCC(=O)OC(C)(C)C)N1CCC(N2CCCCC2)C1. The smallest absolute Gasteiger partial charge is 0.325 e. The highest BCUT2D eigenvalue weighted by Crippen LogP contribution is 2.20. The molecule has 0 aromatic rings. The van der Waals surface area contributed by atoms with Crippen molar-refractivity contribution >= 4 is 11.9 Å². The minimum atomic E-state index is -0.449. The summed E-state index contributed by atoms with van der Waals surface area (Å²) in [4.78, 5) is 21.0. The minimum absolute atomic E-state index is 0.162. The van der Waals surface area contributed by atoms with Crippen LogP contribution >= 0.6 is 0 Å². The molecule has 1 atom stereocenters. The van der Waals surface area contributed by atoms with Crippen LogP contribution in [0.15, 0.2) is 4.99 Å². The van der Waals surface area contributed by atoms with E-state index in [9.17, 15) is 4.79 Å². The first-order chi connectivity index (χ1) is 10.9. The number of guanidine groups is 1. The van der Waals surface area contributed by atoms with Gasteiger partial charge in [0.2, 0.25) is 0 Å². The number of hydrogen-bond donors (Lipinski definition) is 1. The molecule has 23 heavy (non-hydrogen) atoms. The quantitative estimate of drug-likeness (QED) is 0.484. The van der Waals surface area contributed by atoms with Gasteiger partial charge in [0.15, 0.2) is 5.96 Å². The molecule has 2 rings (SSSR count). The number of hydrogen-bond acceptors (Lipinski definition) is 4. The van der Waals surface area contributed by atoms with Crippen molar-refractivity contribution in [2.75, 3.05) is 39.8 Å². The Kier molecular flexibility index (Phi) is 6.27. The van der Waals surface area contributed by atoms with E-state index in [0.29, 0.717) is 6.04 Å². The lowest BCUT2D eigenvalue weighted by atomic mass is 10.1. The lowest BCUT2D eigenvalue weighted by molar-refractivity contribution is -0.153. The Morgan fingerprint density at radius 2 is 1.91 bits per heavy atom. The summed E-state index contributed by atoms with van der Waals surface area (Å²) in [6.07, 6.45) is 5.18. The van der Waals surface area contributed by atoms with E-state index >= 15 is 0 Å². The van der Waals surface area contributed by atoms with Crippen molar-refractivity contribution in [2.45, 2.75) is 58.1 Å². The molecule has 0 spiro atoms. The third kappa shape index (κ3) is 5.68. The van der Waals surface area contributed by atoms with Crippen molar-refractivity contribution in [1.29, 1.82) is 0 Å². The van der Waals surface area contributed by atoms with E-state index in [1.807, 2.05) is 20.8 Å². The zero-order valence-corrected chi connectivity index (χ0v) is 15.1. The maximum Gasteiger partial charge on any atom is 0.325 e. The molecule has 2 saturated heterocycles. The number of likely N-dealkylation sites (tertiary alicyclic amines) is 2. The van der Waals surface area contributed by atoms with Crippen molar-refractivity contribution in [3.63, 3.8) is 0 Å². The van der Waals surface area contributed by atoms with E-state index in [1.54, 1.807) is 7.05 Å². The number of carbonyl (C=O) groups is 1. The van der Waals surface area contributed by atoms with Crippen molar-refractivity contribution in [3.05, 3.63) is 0 Å². The molecule has 1 N–H and O–H groups in total. The van der Waals surface area contributed by atoms with E-state index in [2.05, 4.69) is 20.1 Å². The second-order valence-electron chi connectivity index (χ2n) is 7.47. The van der Waals surface area contributed by atoms with Crippen LogP contribution in [0.5, 0.6) is 0 Å². The first-order valence-corrected chi connectivity index (χ1v) is 8.80. The van der Waals surface area contributed by atoms with Gasteiger partial charge in [0.05, 0.1) is 0 Å². The molecule has 6 nitrogen and oxygen atoms in total. The van der Waals surface area contributed by atoms with Crippen LogP contribution in [0.4, 0.5) is 0 Å². The lowest BCUT2D eigenvalue weighted by Crippen LogP contribution is -2.46. The van der Waals surface area contributed by atoms with E-state index in [4.69, 9.17) is 4.74 Å². The molecule has 0 aliphatic carbocycles. The first-order valence-electron chi connectivity index (χ1n) is 8.80. The van der Waals surface area contributed by atoms with Crippen molar-refractivity contribution < 1.29 is 9.53 Å². The second-order valence-corrected chi connectivity index (χ2v) is 7.47. The number of carbonyl (C=O) groups excluding carboxylic acids is 1. The van der Waals surface area contributed by atoms with Crippen LogP contribution in [0.1, 0.15) is 46.5 Å². The zero-order valence-electron chi connectivity index (χ0n) is 15.1. The summed E-state index contributed by atoms with van der Waals surface area (Å²) in [6.45, 7) is 10.2. The summed E-state index contributed by atoms with van der Waals surface area (Å²) >= 11 is 0. The van der Waals surface area contributed by atoms with Crippen LogP contribution in [0, 0.1) is 0 Å². The molecule has 2 aliphatic rings. The Labute approximate surface area is 140 Å². The topological polar surface area (TPSA) is 57.2 Å². The average molecular weight is 324 g/mol. The third-order valence-corrected chi connectivity index (χ3v) is 4.39. The van der Waals surface area contributed by atoms with Crippen LogP contribution in [0.3, 0.4) is 0 Å². The van der Waals surface area contributed by atoms with Gasteiger partial charge < -0.3 is 15.0 Å². The zero-order chi connectivity index (χ0) is 16.9. The summed E-state index contributed by atoms with van der Waals surface area (Å²) < 4.78 is 5.33. The Balaban J connectivity index is 1.79. The number of aliphatic imine (C=N–C) groups is 1. The Hall–Kier alpha value is -1.30. The molecular weight excluding hydrogens is 292 g/mol. The van der Waals surface area contributed by atoms with Crippen LogP contribution in [0.2, 0.25) is 0 Å². The molecule has 6 heteroatoms. The highest BCUT2D eigenvalue weighted by atomic mass is 16.6. The minimum Gasteiger partial charge on any atom is -0.459 e. The Morgan fingerprint density at radius 3 is 2.52 bits per heavy atom. The van der Waals surface area contributed by atoms with Gasteiger partial charge in [0, 0.05) is 26.2 Å². The largest absolute Gasteiger partial charge is 0.459 e. The summed E-state index contributed by atoms with van der Waals surface area (Å²) in [7, 11) is 1.77. The van der Waals surface area contributed by atoms with Crippen LogP contribution < -0.4 is 5.32 Å². The van der Waals surface area contributed by atoms with E-state index in [1.165, 1.54) is 38.8 Å². The van der Waals surface area contributed by atoms with Gasteiger partial charge >= 0.3 is 5.97 Å². The molecule has 2 aliphatic heterocycles. The third-order valence-electron chi connectivity index (χ3n) is 4.39. The van der Waals surface area contributed by atoms with Crippen molar-refractivity contribution in [1.82, 2.24) is 15.1 Å². The number of piperidine rings is 1. The molecule has 2 fully saturated rings. The standard InChI is InChI=1S/C17H32N4O2/c1-17(2,3)23-15(22)12-19-16(18-4)21-11-8-14(13-21)20-9-6-5-7-10-20/h14H,5-13H2,1-4H3,(H,18,19). The Bertz CT molecular complexity index is 425. The first kappa shape index (κ1) is 18.0. The Morgan fingerprint density at radius 1 is 1.22 bits per heavy atom. The summed E-state index contributed by atoms with van der Waals surface area (Å²) in [5.41, 5.74) is -0.449. The number of esters is 1. The van der Waals surface area contributed by atoms with Gasteiger partial charge in [0.1, 0.15) is 12.1 Å². The van der Waals surface area contributed by atoms with Crippen LogP contribution in [-0.4, -0.2) is 73.1 Å². The number of nitrogens with zero attached hydrogens (tertiary/aromatic N) is 3. The molecule has 0 amide bonds. The molecule has 2 heterocycles. The maximum atomic E-state index is 11.8. The fourth-order valence-corrected chi connectivity index (χ4v) is 3.38.